The van der Waals surface area contributed by atoms with Crippen LogP contribution in [0.2, 0.25) is 0 Å². The molecule has 18 heavy (non-hydrogen) atoms. The Hall–Kier alpha value is -2.01. The van der Waals surface area contributed by atoms with E-state index in [9.17, 15) is 9.18 Å². The van der Waals surface area contributed by atoms with Gasteiger partial charge >= 0.3 is 0 Å². The first-order valence-electron chi connectivity index (χ1n) is 5.50. The lowest BCUT2D eigenvalue weighted by Gasteiger charge is -2.04. The maximum Gasteiger partial charge on any atom is 0.251 e. The standard InChI is InChI=1S/C13H13FN2O2/c1-18-8-10-7-13(17)16-12(15-10)6-9-4-2-3-5-11(9)14/h2-5,7H,6,8H2,1H3,(H,15,16,17). The molecule has 0 radical (unpaired) electrons. The fraction of sp³-hybridized carbons (Fsp3) is 0.231. The first-order chi connectivity index (χ1) is 8.69. The van der Waals surface area contributed by atoms with Crippen LogP contribution >= 0.6 is 0 Å². The largest absolute Gasteiger partial charge is 0.378 e. The summed E-state index contributed by atoms with van der Waals surface area (Å²) >= 11 is 0. The van der Waals surface area contributed by atoms with Gasteiger partial charge in [-0.1, -0.05) is 18.2 Å². The second kappa shape index (κ2) is 5.55. The molecular formula is C13H13FN2O2. The summed E-state index contributed by atoms with van der Waals surface area (Å²) < 4.78 is 18.4. The van der Waals surface area contributed by atoms with E-state index in [1.165, 1.54) is 19.2 Å². The van der Waals surface area contributed by atoms with Crippen LogP contribution in [0.5, 0.6) is 0 Å². The molecule has 0 fully saturated rings. The Morgan fingerprint density at radius 1 is 1.39 bits per heavy atom. The lowest BCUT2D eigenvalue weighted by Crippen LogP contribution is -2.13. The zero-order valence-corrected chi connectivity index (χ0v) is 9.94. The van der Waals surface area contributed by atoms with Gasteiger partial charge in [-0.2, -0.15) is 0 Å². The molecule has 0 spiro atoms. The lowest BCUT2D eigenvalue weighted by molar-refractivity contribution is 0.181. The molecule has 0 aliphatic rings. The van der Waals surface area contributed by atoms with Crippen LogP contribution in [0, 0.1) is 5.82 Å². The van der Waals surface area contributed by atoms with Gasteiger partial charge in [-0.15, -0.1) is 0 Å². The molecule has 0 atom stereocenters. The molecule has 0 bridgehead atoms. The van der Waals surface area contributed by atoms with Crippen LogP contribution in [0.1, 0.15) is 17.1 Å². The quantitative estimate of drug-likeness (QED) is 0.895. The van der Waals surface area contributed by atoms with E-state index >= 15 is 0 Å². The maximum atomic E-state index is 13.5. The third-order valence-corrected chi connectivity index (χ3v) is 2.45. The topological polar surface area (TPSA) is 55.0 Å². The van der Waals surface area contributed by atoms with E-state index in [-0.39, 0.29) is 24.4 Å². The minimum absolute atomic E-state index is 0.249. The summed E-state index contributed by atoms with van der Waals surface area (Å²) in [5.41, 5.74) is 0.770. The van der Waals surface area contributed by atoms with Crippen LogP contribution in [0.25, 0.3) is 0 Å². The molecule has 0 saturated carbocycles. The Morgan fingerprint density at radius 3 is 2.89 bits per heavy atom. The number of nitrogens with one attached hydrogen (secondary N) is 1. The maximum absolute atomic E-state index is 13.5. The Morgan fingerprint density at radius 2 is 2.17 bits per heavy atom. The van der Waals surface area contributed by atoms with Crippen LogP contribution < -0.4 is 5.56 Å². The van der Waals surface area contributed by atoms with Gasteiger partial charge in [0.25, 0.3) is 5.56 Å². The molecule has 2 aromatic rings. The molecule has 1 N–H and O–H groups in total. The van der Waals surface area contributed by atoms with Gasteiger partial charge in [0.1, 0.15) is 11.6 Å². The number of hydrogen-bond donors (Lipinski definition) is 1. The van der Waals surface area contributed by atoms with Crippen LogP contribution in [0.4, 0.5) is 4.39 Å². The monoisotopic (exact) mass is 248 g/mol. The second-order valence-corrected chi connectivity index (χ2v) is 3.88. The Balaban J connectivity index is 2.29. The minimum atomic E-state index is -0.308. The van der Waals surface area contributed by atoms with E-state index in [1.54, 1.807) is 18.2 Å². The van der Waals surface area contributed by atoms with Crippen LogP contribution in [-0.4, -0.2) is 17.1 Å². The van der Waals surface area contributed by atoms with E-state index < -0.39 is 0 Å². The number of aromatic amines is 1. The first kappa shape index (κ1) is 12.4. The highest BCUT2D eigenvalue weighted by Gasteiger charge is 2.06. The van der Waals surface area contributed by atoms with Crippen molar-refractivity contribution in [1.29, 1.82) is 0 Å². The zero-order valence-electron chi connectivity index (χ0n) is 9.94. The molecule has 0 unspecified atom stereocenters. The van der Waals surface area contributed by atoms with E-state index in [0.717, 1.165) is 0 Å². The smallest absolute Gasteiger partial charge is 0.251 e. The van der Waals surface area contributed by atoms with Gasteiger partial charge in [0, 0.05) is 19.6 Å². The van der Waals surface area contributed by atoms with Crippen molar-refractivity contribution in [3.63, 3.8) is 0 Å². The van der Waals surface area contributed by atoms with Crippen molar-refractivity contribution in [3.05, 3.63) is 63.6 Å². The second-order valence-electron chi connectivity index (χ2n) is 3.88. The normalized spacial score (nSPS) is 10.6. The number of aromatic nitrogens is 2. The number of hydrogen-bond acceptors (Lipinski definition) is 3. The van der Waals surface area contributed by atoms with Crippen molar-refractivity contribution in [2.24, 2.45) is 0 Å². The Labute approximate surface area is 103 Å². The van der Waals surface area contributed by atoms with Gasteiger partial charge < -0.3 is 9.72 Å². The number of methoxy groups -OCH3 is 1. The zero-order chi connectivity index (χ0) is 13.0. The molecular weight excluding hydrogens is 235 g/mol. The van der Waals surface area contributed by atoms with Crippen LogP contribution in [0.15, 0.2) is 35.1 Å². The molecule has 0 aliphatic heterocycles. The van der Waals surface area contributed by atoms with E-state index in [4.69, 9.17) is 4.74 Å². The summed E-state index contributed by atoms with van der Waals surface area (Å²) in [7, 11) is 1.53. The molecule has 5 heteroatoms. The van der Waals surface area contributed by atoms with Crippen molar-refractivity contribution in [2.45, 2.75) is 13.0 Å². The van der Waals surface area contributed by atoms with Crippen LogP contribution in [0.3, 0.4) is 0 Å². The number of nitrogens with zero attached hydrogens (tertiary/aromatic N) is 1. The van der Waals surface area contributed by atoms with Gasteiger partial charge in [-0.05, 0) is 11.6 Å². The predicted molar refractivity (Wildman–Crippen MR) is 64.8 cm³/mol. The van der Waals surface area contributed by atoms with E-state index in [2.05, 4.69) is 9.97 Å². The molecule has 4 nitrogen and oxygen atoms in total. The molecule has 0 aliphatic carbocycles. The number of H-pyrrole nitrogens is 1. The van der Waals surface area contributed by atoms with Gasteiger partial charge in [-0.3, -0.25) is 4.79 Å². The highest BCUT2D eigenvalue weighted by Crippen LogP contribution is 2.10. The summed E-state index contributed by atoms with van der Waals surface area (Å²) in [6, 6.07) is 7.78. The fourth-order valence-corrected chi connectivity index (χ4v) is 1.69. The van der Waals surface area contributed by atoms with Gasteiger partial charge in [0.05, 0.1) is 12.3 Å². The minimum Gasteiger partial charge on any atom is -0.378 e. The average molecular weight is 248 g/mol. The van der Waals surface area contributed by atoms with Crippen LogP contribution in [-0.2, 0) is 17.8 Å². The molecule has 94 valence electrons. The summed E-state index contributed by atoms with van der Waals surface area (Å²) in [5.74, 6) is 0.122. The highest BCUT2D eigenvalue weighted by molar-refractivity contribution is 5.21. The molecule has 1 aromatic heterocycles. The van der Waals surface area contributed by atoms with Gasteiger partial charge in [0.15, 0.2) is 0 Å². The van der Waals surface area contributed by atoms with Crippen molar-refractivity contribution in [1.82, 2.24) is 9.97 Å². The lowest BCUT2D eigenvalue weighted by atomic mass is 10.1. The molecule has 2 rings (SSSR count). The average Bonchev–Trinajstić information content (AvgIpc) is 2.32. The third kappa shape index (κ3) is 3.01. The van der Waals surface area contributed by atoms with E-state index in [1.807, 2.05) is 0 Å². The van der Waals surface area contributed by atoms with Crippen molar-refractivity contribution in [2.75, 3.05) is 7.11 Å². The number of rotatable bonds is 4. The number of benzene rings is 1. The fourth-order valence-electron chi connectivity index (χ4n) is 1.69. The molecule has 1 aromatic carbocycles. The molecule has 1 heterocycles. The predicted octanol–water partition coefficient (Wildman–Crippen LogP) is 1.65. The summed E-state index contributed by atoms with van der Waals surface area (Å²) in [4.78, 5) is 18.2. The van der Waals surface area contributed by atoms with Gasteiger partial charge in [-0.25, -0.2) is 9.37 Å². The SMILES string of the molecule is COCc1cc(=O)[nH]c(Cc2ccccc2F)n1. The van der Waals surface area contributed by atoms with Crippen molar-refractivity contribution in [3.8, 4) is 0 Å². The highest BCUT2D eigenvalue weighted by atomic mass is 19.1. The first-order valence-corrected chi connectivity index (χ1v) is 5.50. The summed E-state index contributed by atoms with van der Waals surface area (Å²) in [5, 5.41) is 0. The molecule has 0 amide bonds. The third-order valence-electron chi connectivity index (χ3n) is 2.45. The molecule has 0 saturated heterocycles. The number of halogens is 1. The number of ether oxygens (including phenoxy) is 1. The Kier molecular flexibility index (Phi) is 3.84. The van der Waals surface area contributed by atoms with E-state index in [0.29, 0.717) is 17.1 Å². The Bertz CT molecular complexity index is 596. The van der Waals surface area contributed by atoms with Crippen molar-refractivity contribution >= 4 is 0 Å². The summed E-state index contributed by atoms with van der Waals surface area (Å²) in [6.07, 6.45) is 0.249. The van der Waals surface area contributed by atoms with Gasteiger partial charge in [0.2, 0.25) is 0 Å². The van der Waals surface area contributed by atoms with Crippen molar-refractivity contribution < 1.29 is 9.13 Å². The summed E-state index contributed by atoms with van der Waals surface area (Å²) in [6.45, 7) is 0.258.